The van der Waals surface area contributed by atoms with Crippen molar-refractivity contribution in [2.75, 3.05) is 0 Å². The van der Waals surface area contributed by atoms with Crippen LogP contribution in [-0.2, 0) is 22.7 Å². The van der Waals surface area contributed by atoms with Crippen molar-refractivity contribution in [3.8, 4) is 0 Å². The number of ether oxygens (including phenoxy) is 1. The molecule has 0 aliphatic carbocycles. The van der Waals surface area contributed by atoms with Gasteiger partial charge in [0.05, 0.1) is 0 Å². The van der Waals surface area contributed by atoms with Gasteiger partial charge in [-0.3, -0.25) is 4.79 Å². The van der Waals surface area contributed by atoms with Gasteiger partial charge in [0.1, 0.15) is 6.61 Å². The Labute approximate surface area is 107 Å². The van der Waals surface area contributed by atoms with Gasteiger partial charge in [0.2, 0.25) is 0 Å². The van der Waals surface area contributed by atoms with Crippen LogP contribution in [0.5, 0.6) is 0 Å². The Morgan fingerprint density at radius 1 is 1.26 bits per heavy atom. The average molecular weight is 262 g/mol. The number of benzene rings is 1. The molecule has 2 aromatic rings. The molecule has 8 heteroatoms. The minimum Gasteiger partial charge on any atom is -0.480 e. The monoisotopic (exact) mass is 262 g/mol. The molecular weight excluding hydrogens is 252 g/mol. The number of esters is 1. The van der Waals surface area contributed by atoms with E-state index in [0.717, 1.165) is 10.4 Å². The van der Waals surface area contributed by atoms with Gasteiger partial charge in [0.15, 0.2) is 6.54 Å². The van der Waals surface area contributed by atoms with Crippen LogP contribution >= 0.6 is 0 Å². The van der Waals surface area contributed by atoms with Crippen LogP contribution in [0, 0.1) is 0 Å². The molecule has 0 fully saturated rings. The third-order valence-electron chi connectivity index (χ3n) is 2.12. The predicted molar refractivity (Wildman–Crippen MR) is 61.0 cm³/mol. The van der Waals surface area contributed by atoms with E-state index < -0.39 is 18.5 Å². The van der Waals surface area contributed by atoms with E-state index in [4.69, 9.17) is 9.84 Å². The van der Waals surface area contributed by atoms with E-state index in [1.807, 2.05) is 30.3 Å². The van der Waals surface area contributed by atoms with Crippen molar-refractivity contribution in [1.82, 2.24) is 20.2 Å². The van der Waals surface area contributed by atoms with E-state index >= 15 is 0 Å². The van der Waals surface area contributed by atoms with Crippen LogP contribution in [0.4, 0.5) is 0 Å². The van der Waals surface area contributed by atoms with Gasteiger partial charge in [-0.1, -0.05) is 30.3 Å². The second-order valence-electron chi connectivity index (χ2n) is 3.60. The molecule has 0 bridgehead atoms. The third-order valence-corrected chi connectivity index (χ3v) is 2.12. The number of hydrogen-bond acceptors (Lipinski definition) is 6. The average Bonchev–Trinajstić information content (AvgIpc) is 2.85. The summed E-state index contributed by atoms with van der Waals surface area (Å²) in [5.74, 6) is -2.14. The summed E-state index contributed by atoms with van der Waals surface area (Å²) in [6, 6.07) is 9.11. The first kappa shape index (κ1) is 12.7. The fourth-order valence-corrected chi connectivity index (χ4v) is 1.30. The maximum atomic E-state index is 11.6. The lowest BCUT2D eigenvalue weighted by molar-refractivity contribution is -0.138. The van der Waals surface area contributed by atoms with Crippen molar-refractivity contribution < 1.29 is 19.4 Å². The number of tetrazole rings is 1. The summed E-state index contributed by atoms with van der Waals surface area (Å²) in [5.41, 5.74) is 0.828. The van der Waals surface area contributed by atoms with Crippen molar-refractivity contribution in [1.29, 1.82) is 0 Å². The molecule has 0 saturated heterocycles. The number of carboxylic acids is 1. The van der Waals surface area contributed by atoms with E-state index in [-0.39, 0.29) is 12.4 Å². The van der Waals surface area contributed by atoms with Gasteiger partial charge in [-0.05, 0) is 10.8 Å². The fraction of sp³-hybridized carbons (Fsp3) is 0.182. The lowest BCUT2D eigenvalue weighted by Crippen LogP contribution is -2.13. The quantitative estimate of drug-likeness (QED) is 0.762. The van der Waals surface area contributed by atoms with Crippen LogP contribution in [0.3, 0.4) is 0 Å². The number of aromatic nitrogens is 4. The summed E-state index contributed by atoms with van der Waals surface area (Å²) in [7, 11) is 0. The molecule has 1 aromatic heterocycles. The lowest BCUT2D eigenvalue weighted by Gasteiger charge is -2.01. The molecule has 98 valence electrons. The smallest absolute Gasteiger partial charge is 0.380 e. The molecule has 0 unspecified atom stereocenters. The van der Waals surface area contributed by atoms with E-state index in [1.54, 1.807) is 0 Å². The van der Waals surface area contributed by atoms with Crippen LogP contribution in [0.1, 0.15) is 16.2 Å². The number of rotatable bonds is 5. The molecule has 0 aliphatic heterocycles. The minimum absolute atomic E-state index is 0.0904. The molecule has 0 aliphatic rings. The van der Waals surface area contributed by atoms with E-state index in [1.165, 1.54) is 0 Å². The molecule has 0 saturated carbocycles. The minimum atomic E-state index is -1.12. The molecule has 19 heavy (non-hydrogen) atoms. The zero-order valence-electron chi connectivity index (χ0n) is 9.76. The summed E-state index contributed by atoms with van der Waals surface area (Å²) in [5, 5.41) is 19.0. The van der Waals surface area contributed by atoms with Gasteiger partial charge in [-0.25, -0.2) is 4.79 Å². The Morgan fingerprint density at radius 3 is 2.68 bits per heavy atom. The summed E-state index contributed by atoms with van der Waals surface area (Å²) in [6.07, 6.45) is 0. The Balaban J connectivity index is 1.93. The van der Waals surface area contributed by atoms with Gasteiger partial charge >= 0.3 is 11.9 Å². The van der Waals surface area contributed by atoms with Crippen LogP contribution in [-0.4, -0.2) is 37.3 Å². The highest BCUT2D eigenvalue weighted by Crippen LogP contribution is 2.02. The van der Waals surface area contributed by atoms with Crippen molar-refractivity contribution >= 4 is 11.9 Å². The molecule has 0 radical (unpaired) electrons. The third kappa shape index (κ3) is 3.60. The second kappa shape index (κ2) is 5.71. The highest BCUT2D eigenvalue weighted by molar-refractivity contribution is 5.84. The number of nitrogens with zero attached hydrogens (tertiary/aromatic N) is 4. The zero-order chi connectivity index (χ0) is 13.7. The van der Waals surface area contributed by atoms with Crippen LogP contribution in [0.2, 0.25) is 0 Å². The van der Waals surface area contributed by atoms with Crippen molar-refractivity contribution in [2.24, 2.45) is 0 Å². The lowest BCUT2D eigenvalue weighted by atomic mass is 10.2. The maximum Gasteiger partial charge on any atom is 0.380 e. The van der Waals surface area contributed by atoms with Crippen LogP contribution < -0.4 is 0 Å². The SMILES string of the molecule is O=C(O)Cn1nnc(C(=O)OCc2ccccc2)n1. The molecule has 0 spiro atoms. The number of carbonyl (C=O) groups is 2. The number of aliphatic carboxylic acids is 1. The number of carbonyl (C=O) groups excluding carboxylic acids is 1. The first-order chi connectivity index (χ1) is 9.15. The molecular formula is C11H10N4O4. The fourth-order valence-electron chi connectivity index (χ4n) is 1.30. The molecule has 0 amide bonds. The molecule has 1 heterocycles. The first-order valence-corrected chi connectivity index (χ1v) is 5.36. The Hall–Kier alpha value is -2.77. The number of carboxylic acid groups (broad SMARTS) is 1. The Bertz CT molecular complexity index is 581. The molecule has 8 nitrogen and oxygen atoms in total. The van der Waals surface area contributed by atoms with Gasteiger partial charge in [-0.2, -0.15) is 4.80 Å². The predicted octanol–water partition coefficient (Wildman–Crippen LogP) is 0.115. The molecule has 0 atom stereocenters. The normalized spacial score (nSPS) is 10.1. The van der Waals surface area contributed by atoms with Crippen molar-refractivity contribution in [2.45, 2.75) is 13.2 Å². The largest absolute Gasteiger partial charge is 0.480 e. The molecule has 1 N–H and O–H groups in total. The van der Waals surface area contributed by atoms with E-state index in [2.05, 4.69) is 15.4 Å². The van der Waals surface area contributed by atoms with E-state index in [0.29, 0.717) is 0 Å². The van der Waals surface area contributed by atoms with Crippen LogP contribution in [0.25, 0.3) is 0 Å². The summed E-state index contributed by atoms with van der Waals surface area (Å²) < 4.78 is 4.97. The maximum absolute atomic E-state index is 11.6. The topological polar surface area (TPSA) is 107 Å². The highest BCUT2D eigenvalue weighted by atomic mass is 16.5. The summed E-state index contributed by atoms with van der Waals surface area (Å²) >= 11 is 0. The van der Waals surface area contributed by atoms with Gasteiger partial charge < -0.3 is 9.84 Å². The summed E-state index contributed by atoms with van der Waals surface area (Å²) in [6.45, 7) is -0.369. The Morgan fingerprint density at radius 2 is 2.00 bits per heavy atom. The zero-order valence-corrected chi connectivity index (χ0v) is 9.76. The van der Waals surface area contributed by atoms with Gasteiger partial charge in [0.25, 0.3) is 5.82 Å². The second-order valence-corrected chi connectivity index (χ2v) is 3.60. The Kier molecular flexibility index (Phi) is 3.81. The standard InChI is InChI=1S/C11H10N4O4/c16-9(17)6-15-13-10(12-14-15)11(18)19-7-8-4-2-1-3-5-8/h1-5H,6-7H2,(H,16,17). The summed E-state index contributed by atoms with van der Waals surface area (Å²) in [4.78, 5) is 22.8. The van der Waals surface area contributed by atoms with Gasteiger partial charge in [0, 0.05) is 0 Å². The van der Waals surface area contributed by atoms with Crippen LogP contribution in [0.15, 0.2) is 30.3 Å². The number of hydrogen-bond donors (Lipinski definition) is 1. The highest BCUT2D eigenvalue weighted by Gasteiger charge is 2.15. The molecule has 2 rings (SSSR count). The molecule has 1 aromatic carbocycles. The first-order valence-electron chi connectivity index (χ1n) is 5.36. The van der Waals surface area contributed by atoms with Crippen molar-refractivity contribution in [3.05, 3.63) is 41.7 Å². The van der Waals surface area contributed by atoms with Gasteiger partial charge in [-0.15, -0.1) is 10.2 Å². The van der Waals surface area contributed by atoms with E-state index in [9.17, 15) is 9.59 Å². The van der Waals surface area contributed by atoms with Crippen molar-refractivity contribution in [3.63, 3.8) is 0 Å².